The average molecular weight is 424 g/mol. The number of benzene rings is 2. The number of likely N-dealkylation sites (N-methyl/N-ethyl adjacent to an activating group) is 1. The monoisotopic (exact) mass is 423 g/mol. The molecule has 0 radical (unpaired) electrons. The molecular formula is C24H29N3O2S. The quantitative estimate of drug-likeness (QED) is 0.507. The molecule has 2 aromatic carbocycles. The Morgan fingerprint density at radius 1 is 1.10 bits per heavy atom. The Bertz CT molecular complexity index is 921. The first-order valence-electron chi connectivity index (χ1n) is 10.3. The van der Waals surface area contributed by atoms with E-state index in [9.17, 15) is 4.79 Å². The zero-order valence-corrected chi connectivity index (χ0v) is 18.6. The second kappa shape index (κ2) is 10.9. The van der Waals surface area contributed by atoms with Crippen LogP contribution in [0.25, 0.3) is 0 Å². The summed E-state index contributed by atoms with van der Waals surface area (Å²) >= 11 is 1.44. The highest BCUT2D eigenvalue weighted by Crippen LogP contribution is 2.20. The third-order valence-corrected chi connectivity index (χ3v) is 5.88. The van der Waals surface area contributed by atoms with Crippen LogP contribution in [0.4, 0.5) is 0 Å². The number of thiazole rings is 1. The van der Waals surface area contributed by atoms with Crippen LogP contribution in [0.5, 0.6) is 5.75 Å². The number of amides is 1. The second-order valence-corrected chi connectivity index (χ2v) is 8.03. The summed E-state index contributed by atoms with van der Waals surface area (Å²) in [6.45, 7) is 9.05. The van der Waals surface area contributed by atoms with Crippen molar-refractivity contribution >= 4 is 17.2 Å². The number of aromatic nitrogens is 1. The summed E-state index contributed by atoms with van der Waals surface area (Å²) in [5, 5.41) is 5.63. The summed E-state index contributed by atoms with van der Waals surface area (Å²) in [4.78, 5) is 19.5. The maximum atomic E-state index is 12.7. The van der Waals surface area contributed by atoms with E-state index in [-0.39, 0.29) is 11.9 Å². The van der Waals surface area contributed by atoms with Crippen molar-refractivity contribution in [1.82, 2.24) is 15.2 Å². The number of hydrogen-bond donors (Lipinski definition) is 1. The van der Waals surface area contributed by atoms with Gasteiger partial charge in [0.15, 0.2) is 0 Å². The molecular weight excluding hydrogens is 394 g/mol. The molecule has 1 N–H and O–H groups in total. The van der Waals surface area contributed by atoms with E-state index < -0.39 is 0 Å². The van der Waals surface area contributed by atoms with Crippen molar-refractivity contribution in [2.75, 3.05) is 19.6 Å². The van der Waals surface area contributed by atoms with Gasteiger partial charge in [0.1, 0.15) is 23.1 Å². The molecule has 0 saturated carbocycles. The predicted molar refractivity (Wildman–Crippen MR) is 122 cm³/mol. The highest BCUT2D eigenvalue weighted by Gasteiger charge is 2.20. The van der Waals surface area contributed by atoms with E-state index in [0.29, 0.717) is 18.8 Å². The number of ether oxygens (including phenoxy) is 1. The number of aryl methyl sites for hydroxylation is 1. The topological polar surface area (TPSA) is 54.5 Å². The van der Waals surface area contributed by atoms with Crippen LogP contribution in [-0.4, -0.2) is 35.4 Å². The van der Waals surface area contributed by atoms with Crippen LogP contribution in [0.3, 0.4) is 0 Å². The van der Waals surface area contributed by atoms with Gasteiger partial charge in [-0.05, 0) is 37.7 Å². The Labute approximate surface area is 182 Å². The van der Waals surface area contributed by atoms with Crippen LogP contribution >= 0.6 is 11.3 Å². The average Bonchev–Trinajstić information content (AvgIpc) is 3.26. The Hall–Kier alpha value is -2.70. The van der Waals surface area contributed by atoms with Gasteiger partial charge in [-0.25, -0.2) is 4.98 Å². The Morgan fingerprint density at radius 2 is 1.80 bits per heavy atom. The first kappa shape index (κ1) is 22.0. The van der Waals surface area contributed by atoms with Crippen LogP contribution in [0.1, 0.15) is 46.5 Å². The van der Waals surface area contributed by atoms with E-state index in [0.717, 1.165) is 23.8 Å². The van der Waals surface area contributed by atoms with Crippen molar-refractivity contribution in [1.29, 1.82) is 0 Å². The van der Waals surface area contributed by atoms with E-state index in [1.807, 2.05) is 49.4 Å². The van der Waals surface area contributed by atoms with Gasteiger partial charge in [-0.2, -0.15) is 0 Å². The fraction of sp³-hybridized carbons (Fsp3) is 0.333. The minimum atomic E-state index is -0.152. The Kier molecular flexibility index (Phi) is 7.99. The van der Waals surface area contributed by atoms with E-state index in [4.69, 9.17) is 4.74 Å². The van der Waals surface area contributed by atoms with Crippen molar-refractivity contribution in [3.63, 3.8) is 0 Å². The fourth-order valence-electron chi connectivity index (χ4n) is 3.34. The van der Waals surface area contributed by atoms with E-state index in [1.54, 1.807) is 5.38 Å². The third kappa shape index (κ3) is 5.90. The predicted octanol–water partition coefficient (Wildman–Crippen LogP) is 4.84. The van der Waals surface area contributed by atoms with Crippen LogP contribution in [-0.2, 0) is 6.61 Å². The first-order chi connectivity index (χ1) is 14.6. The summed E-state index contributed by atoms with van der Waals surface area (Å²) < 4.78 is 5.77. The van der Waals surface area contributed by atoms with Crippen LogP contribution < -0.4 is 10.1 Å². The van der Waals surface area contributed by atoms with Gasteiger partial charge in [0.05, 0.1) is 6.04 Å². The summed E-state index contributed by atoms with van der Waals surface area (Å²) in [6, 6.07) is 18.3. The van der Waals surface area contributed by atoms with Gasteiger partial charge in [0.25, 0.3) is 5.91 Å². The van der Waals surface area contributed by atoms with Gasteiger partial charge in [-0.15, -0.1) is 11.3 Å². The standard InChI is InChI=1S/C24H29N3O2S/c1-4-27(5-2)22(19-9-7-6-8-10-19)15-25-24(28)21-17-30-23(26-21)16-29-20-13-11-18(3)12-14-20/h6-14,17,22H,4-5,15-16H2,1-3H3,(H,25,28). The molecule has 3 rings (SSSR count). The van der Waals surface area contributed by atoms with E-state index >= 15 is 0 Å². The summed E-state index contributed by atoms with van der Waals surface area (Å²) in [7, 11) is 0. The van der Waals surface area contributed by atoms with Crippen molar-refractivity contribution in [2.45, 2.75) is 33.4 Å². The maximum absolute atomic E-state index is 12.7. The van der Waals surface area contributed by atoms with Crippen molar-refractivity contribution < 1.29 is 9.53 Å². The minimum absolute atomic E-state index is 0.133. The number of carbonyl (C=O) groups excluding carboxylic acids is 1. The molecule has 0 aliphatic carbocycles. The molecule has 0 saturated heterocycles. The van der Waals surface area contributed by atoms with Gasteiger partial charge < -0.3 is 10.1 Å². The molecule has 1 heterocycles. The van der Waals surface area contributed by atoms with E-state index in [2.05, 4.69) is 41.2 Å². The molecule has 30 heavy (non-hydrogen) atoms. The van der Waals surface area contributed by atoms with Crippen molar-refractivity contribution in [3.05, 3.63) is 81.8 Å². The first-order valence-corrected chi connectivity index (χ1v) is 11.2. The Balaban J connectivity index is 1.59. The highest BCUT2D eigenvalue weighted by atomic mass is 32.1. The zero-order valence-electron chi connectivity index (χ0n) is 17.8. The zero-order chi connectivity index (χ0) is 21.3. The minimum Gasteiger partial charge on any atom is -0.486 e. The van der Waals surface area contributed by atoms with Gasteiger partial charge >= 0.3 is 0 Å². The van der Waals surface area contributed by atoms with E-state index in [1.165, 1.54) is 22.5 Å². The smallest absolute Gasteiger partial charge is 0.270 e. The number of nitrogens with zero attached hydrogens (tertiary/aromatic N) is 2. The van der Waals surface area contributed by atoms with Gasteiger partial charge in [-0.1, -0.05) is 61.9 Å². The number of nitrogens with one attached hydrogen (secondary N) is 1. The molecule has 1 amide bonds. The van der Waals surface area contributed by atoms with Crippen LogP contribution in [0, 0.1) is 6.92 Å². The summed E-state index contributed by atoms with van der Waals surface area (Å²) in [5.41, 5.74) is 2.83. The van der Waals surface area contributed by atoms with Crippen LogP contribution in [0.2, 0.25) is 0 Å². The SMILES string of the molecule is CCN(CC)C(CNC(=O)c1csc(COc2ccc(C)cc2)n1)c1ccccc1. The molecule has 0 spiro atoms. The molecule has 1 atom stereocenters. The lowest BCUT2D eigenvalue weighted by Crippen LogP contribution is -2.38. The fourth-order valence-corrected chi connectivity index (χ4v) is 4.02. The molecule has 0 fully saturated rings. The molecule has 1 unspecified atom stereocenters. The molecule has 3 aromatic rings. The third-order valence-electron chi connectivity index (χ3n) is 5.06. The number of carbonyl (C=O) groups is 1. The van der Waals surface area contributed by atoms with Gasteiger partial charge in [-0.3, -0.25) is 9.69 Å². The molecule has 5 nitrogen and oxygen atoms in total. The number of hydrogen-bond acceptors (Lipinski definition) is 5. The molecule has 6 heteroatoms. The molecule has 0 aliphatic rings. The summed E-state index contributed by atoms with van der Waals surface area (Å²) in [5.74, 6) is 0.646. The largest absolute Gasteiger partial charge is 0.486 e. The highest BCUT2D eigenvalue weighted by molar-refractivity contribution is 7.09. The van der Waals surface area contributed by atoms with Crippen LogP contribution in [0.15, 0.2) is 60.0 Å². The lowest BCUT2D eigenvalue weighted by atomic mass is 10.1. The lowest BCUT2D eigenvalue weighted by molar-refractivity contribution is 0.0930. The summed E-state index contributed by atoms with van der Waals surface area (Å²) in [6.07, 6.45) is 0. The molecule has 1 aromatic heterocycles. The Morgan fingerprint density at radius 3 is 2.47 bits per heavy atom. The van der Waals surface area contributed by atoms with Gasteiger partial charge in [0.2, 0.25) is 0 Å². The van der Waals surface area contributed by atoms with Gasteiger partial charge in [0, 0.05) is 11.9 Å². The normalized spacial score (nSPS) is 12.0. The second-order valence-electron chi connectivity index (χ2n) is 7.09. The lowest BCUT2D eigenvalue weighted by Gasteiger charge is -2.30. The molecule has 0 bridgehead atoms. The molecule has 158 valence electrons. The van der Waals surface area contributed by atoms with Crippen molar-refractivity contribution in [2.24, 2.45) is 0 Å². The number of rotatable bonds is 10. The molecule has 0 aliphatic heterocycles. The maximum Gasteiger partial charge on any atom is 0.270 e. The van der Waals surface area contributed by atoms with Crippen molar-refractivity contribution in [3.8, 4) is 5.75 Å².